The highest BCUT2D eigenvalue weighted by molar-refractivity contribution is 5.83. The van der Waals surface area contributed by atoms with Gasteiger partial charge < -0.3 is 5.73 Å². The summed E-state index contributed by atoms with van der Waals surface area (Å²) in [6.07, 6.45) is 4.35. The molecule has 0 aliphatic rings. The van der Waals surface area contributed by atoms with Crippen LogP contribution in [0, 0.1) is 5.92 Å². The molecule has 0 amide bonds. The summed E-state index contributed by atoms with van der Waals surface area (Å²) in [7, 11) is 0. The second-order valence-corrected chi connectivity index (χ2v) is 5.38. The first-order valence-corrected chi connectivity index (χ1v) is 6.92. The van der Waals surface area contributed by atoms with Crippen molar-refractivity contribution >= 4 is 5.78 Å². The van der Waals surface area contributed by atoms with Gasteiger partial charge >= 0.3 is 0 Å². The average Bonchev–Trinajstić information content (AvgIpc) is 2.36. The number of nitrogens with two attached hydrogens (primary N) is 1. The Morgan fingerprint density at radius 2 is 1.83 bits per heavy atom. The topological polar surface area (TPSA) is 43.1 Å². The zero-order valence-electron chi connectivity index (χ0n) is 11.6. The number of hydrogen-bond donors (Lipinski definition) is 1. The second-order valence-electron chi connectivity index (χ2n) is 5.38. The molecule has 2 N–H and O–H groups in total. The molecule has 0 aliphatic heterocycles. The largest absolute Gasteiger partial charge is 0.321 e. The van der Waals surface area contributed by atoms with Gasteiger partial charge in [0.15, 0.2) is 0 Å². The van der Waals surface area contributed by atoms with Gasteiger partial charge in [0.1, 0.15) is 5.78 Å². The van der Waals surface area contributed by atoms with Crippen LogP contribution in [0.25, 0.3) is 0 Å². The van der Waals surface area contributed by atoms with E-state index in [1.165, 1.54) is 5.56 Å². The van der Waals surface area contributed by atoms with Crippen LogP contribution in [-0.4, -0.2) is 11.8 Å². The van der Waals surface area contributed by atoms with Crippen LogP contribution in [0.3, 0.4) is 0 Å². The molecule has 1 rings (SSSR count). The zero-order valence-corrected chi connectivity index (χ0v) is 11.6. The first kappa shape index (κ1) is 14.9. The van der Waals surface area contributed by atoms with Gasteiger partial charge in [-0.25, -0.2) is 0 Å². The minimum Gasteiger partial charge on any atom is -0.321 e. The van der Waals surface area contributed by atoms with Crippen LogP contribution in [0.15, 0.2) is 30.3 Å². The van der Waals surface area contributed by atoms with Crippen LogP contribution in [0.5, 0.6) is 0 Å². The van der Waals surface area contributed by atoms with E-state index in [2.05, 4.69) is 26.0 Å². The minimum atomic E-state index is -0.294. The molecular formula is C16H25NO. The number of carbonyl (C=O) groups excluding carboxylic acids is 1. The summed E-state index contributed by atoms with van der Waals surface area (Å²) in [6, 6.07) is 9.90. The number of carbonyl (C=O) groups is 1. The lowest BCUT2D eigenvalue weighted by molar-refractivity contribution is -0.120. The predicted octanol–water partition coefficient (Wildman–Crippen LogP) is 3.34. The molecule has 0 saturated heterocycles. The van der Waals surface area contributed by atoms with Crippen molar-refractivity contribution in [2.75, 3.05) is 0 Å². The molecular weight excluding hydrogens is 222 g/mol. The molecule has 1 atom stereocenters. The molecule has 0 spiro atoms. The van der Waals surface area contributed by atoms with Gasteiger partial charge in [-0.1, -0.05) is 50.6 Å². The Morgan fingerprint density at radius 3 is 2.44 bits per heavy atom. The number of hydrogen-bond acceptors (Lipinski definition) is 2. The van der Waals surface area contributed by atoms with Crippen LogP contribution in [0.1, 0.15) is 45.1 Å². The summed E-state index contributed by atoms with van der Waals surface area (Å²) in [5.41, 5.74) is 7.19. The van der Waals surface area contributed by atoms with Gasteiger partial charge in [-0.3, -0.25) is 4.79 Å². The molecule has 1 aromatic rings. The third-order valence-electron chi connectivity index (χ3n) is 3.21. The van der Waals surface area contributed by atoms with Gasteiger partial charge in [0.25, 0.3) is 0 Å². The molecule has 18 heavy (non-hydrogen) atoms. The van der Waals surface area contributed by atoms with Crippen molar-refractivity contribution in [1.82, 2.24) is 0 Å². The summed E-state index contributed by atoms with van der Waals surface area (Å²) in [4.78, 5) is 11.8. The molecule has 0 bridgehead atoms. The Labute approximate surface area is 111 Å². The molecule has 0 aliphatic carbocycles. The third kappa shape index (κ3) is 5.97. The molecule has 0 fully saturated rings. The number of aryl methyl sites for hydroxylation is 1. The standard InChI is InChI=1S/C16H25NO/c1-13(2)7-6-10-16(18)15(17)12-11-14-8-4-3-5-9-14/h3-5,8-9,13,15H,6-7,10-12,17H2,1-2H3/t15-/m0/s1. The van der Waals surface area contributed by atoms with Crippen LogP contribution >= 0.6 is 0 Å². The van der Waals surface area contributed by atoms with Gasteiger partial charge in [-0.15, -0.1) is 0 Å². The van der Waals surface area contributed by atoms with Crippen molar-refractivity contribution in [2.24, 2.45) is 11.7 Å². The van der Waals surface area contributed by atoms with Crippen LogP contribution in [-0.2, 0) is 11.2 Å². The zero-order chi connectivity index (χ0) is 13.4. The fourth-order valence-electron chi connectivity index (χ4n) is 2.00. The summed E-state index contributed by atoms with van der Waals surface area (Å²) >= 11 is 0. The Kier molecular flexibility index (Phi) is 6.66. The van der Waals surface area contributed by atoms with Crippen LogP contribution < -0.4 is 5.73 Å². The first-order chi connectivity index (χ1) is 8.59. The van der Waals surface area contributed by atoms with E-state index in [1.807, 2.05) is 18.2 Å². The van der Waals surface area contributed by atoms with E-state index < -0.39 is 0 Å². The first-order valence-electron chi connectivity index (χ1n) is 6.92. The fourth-order valence-corrected chi connectivity index (χ4v) is 2.00. The molecule has 0 aromatic heterocycles. The Balaban J connectivity index is 2.23. The second kappa shape index (κ2) is 8.04. The molecule has 0 radical (unpaired) electrons. The predicted molar refractivity (Wildman–Crippen MR) is 76.4 cm³/mol. The number of benzene rings is 1. The number of ketones is 1. The summed E-state index contributed by atoms with van der Waals surface area (Å²) in [5, 5.41) is 0. The smallest absolute Gasteiger partial charge is 0.149 e. The van der Waals surface area contributed by atoms with Crippen molar-refractivity contribution in [2.45, 2.75) is 52.0 Å². The van der Waals surface area contributed by atoms with Crippen molar-refractivity contribution < 1.29 is 4.79 Å². The molecule has 2 nitrogen and oxygen atoms in total. The SMILES string of the molecule is CC(C)CCCC(=O)[C@@H](N)CCc1ccccc1. The third-order valence-corrected chi connectivity index (χ3v) is 3.21. The highest BCUT2D eigenvalue weighted by Gasteiger charge is 2.13. The van der Waals surface area contributed by atoms with E-state index in [9.17, 15) is 4.79 Å². The van der Waals surface area contributed by atoms with Gasteiger partial charge in [0.2, 0.25) is 0 Å². The highest BCUT2D eigenvalue weighted by Crippen LogP contribution is 2.10. The summed E-state index contributed by atoms with van der Waals surface area (Å²) in [5.74, 6) is 0.880. The Bertz CT molecular complexity index is 345. The highest BCUT2D eigenvalue weighted by atomic mass is 16.1. The van der Waals surface area contributed by atoms with E-state index in [1.54, 1.807) is 0 Å². The normalized spacial score (nSPS) is 12.7. The lowest BCUT2D eigenvalue weighted by Gasteiger charge is -2.11. The minimum absolute atomic E-state index is 0.214. The Hall–Kier alpha value is -1.15. The maximum absolute atomic E-state index is 11.8. The van der Waals surface area contributed by atoms with Gasteiger partial charge in [0.05, 0.1) is 6.04 Å². The van der Waals surface area contributed by atoms with Crippen molar-refractivity contribution in [3.63, 3.8) is 0 Å². The summed E-state index contributed by atoms with van der Waals surface area (Å²) < 4.78 is 0. The van der Waals surface area contributed by atoms with Gasteiger partial charge in [-0.2, -0.15) is 0 Å². The molecule has 100 valence electrons. The average molecular weight is 247 g/mol. The van der Waals surface area contributed by atoms with E-state index in [0.29, 0.717) is 12.3 Å². The van der Waals surface area contributed by atoms with Crippen LogP contribution in [0.4, 0.5) is 0 Å². The van der Waals surface area contributed by atoms with Crippen LogP contribution in [0.2, 0.25) is 0 Å². The fraction of sp³-hybridized carbons (Fsp3) is 0.562. The van der Waals surface area contributed by atoms with Gasteiger partial charge in [-0.05, 0) is 30.7 Å². The quantitative estimate of drug-likeness (QED) is 0.765. The maximum atomic E-state index is 11.8. The van der Waals surface area contributed by atoms with E-state index in [-0.39, 0.29) is 11.8 Å². The molecule has 0 saturated carbocycles. The molecule has 0 heterocycles. The lowest BCUT2D eigenvalue weighted by Crippen LogP contribution is -2.30. The maximum Gasteiger partial charge on any atom is 0.149 e. The lowest BCUT2D eigenvalue weighted by atomic mass is 9.98. The monoisotopic (exact) mass is 247 g/mol. The molecule has 2 heteroatoms. The van der Waals surface area contributed by atoms with Crippen molar-refractivity contribution in [3.05, 3.63) is 35.9 Å². The van der Waals surface area contributed by atoms with Crippen molar-refractivity contribution in [3.8, 4) is 0 Å². The summed E-state index contributed by atoms with van der Waals surface area (Å²) in [6.45, 7) is 4.36. The van der Waals surface area contributed by atoms with E-state index in [0.717, 1.165) is 25.7 Å². The molecule has 0 unspecified atom stereocenters. The Morgan fingerprint density at radius 1 is 1.17 bits per heavy atom. The van der Waals surface area contributed by atoms with Gasteiger partial charge in [0, 0.05) is 6.42 Å². The number of rotatable bonds is 8. The van der Waals surface area contributed by atoms with Crippen molar-refractivity contribution in [1.29, 1.82) is 0 Å². The molecule has 1 aromatic carbocycles. The van der Waals surface area contributed by atoms with E-state index >= 15 is 0 Å². The van der Waals surface area contributed by atoms with E-state index in [4.69, 9.17) is 5.73 Å². The number of Topliss-reactive ketones (excluding diaryl/α,β-unsaturated/α-hetero) is 1.